The van der Waals surface area contributed by atoms with Gasteiger partial charge in [0.2, 0.25) is 0 Å². The van der Waals surface area contributed by atoms with Crippen molar-refractivity contribution in [1.82, 2.24) is 0 Å². The minimum atomic E-state index is -0.457. The van der Waals surface area contributed by atoms with E-state index in [1.165, 1.54) is 33.0 Å². The molecule has 0 aliphatic heterocycles. The Morgan fingerprint density at radius 2 is 1.16 bits per heavy atom. The summed E-state index contributed by atoms with van der Waals surface area (Å²) in [6.45, 7) is 3.54. The van der Waals surface area contributed by atoms with Gasteiger partial charge in [0.25, 0.3) is 0 Å². The minimum Gasteiger partial charge on any atom is -0.423 e. The SMILES string of the molecule is C=CC(=O)Oc1cccc2c3ccc4ccc5ccccc5c4c3c3ccccc3c12. The van der Waals surface area contributed by atoms with Crippen molar-refractivity contribution >= 4 is 59.8 Å². The summed E-state index contributed by atoms with van der Waals surface area (Å²) >= 11 is 0. The second kappa shape index (κ2) is 6.68. The number of hydrogen-bond donors (Lipinski definition) is 0. The van der Waals surface area contributed by atoms with E-state index in [0.717, 1.165) is 26.9 Å². The van der Waals surface area contributed by atoms with Crippen LogP contribution in [0, 0.1) is 0 Å². The van der Waals surface area contributed by atoms with Gasteiger partial charge in [-0.15, -0.1) is 0 Å². The normalized spacial score (nSPS) is 11.5. The van der Waals surface area contributed by atoms with Crippen molar-refractivity contribution in [2.45, 2.75) is 0 Å². The highest BCUT2D eigenvalue weighted by Gasteiger charge is 2.16. The third kappa shape index (κ3) is 2.55. The third-order valence-electron chi connectivity index (χ3n) is 6.07. The minimum absolute atomic E-state index is 0.457. The van der Waals surface area contributed by atoms with Gasteiger partial charge in [-0.25, -0.2) is 4.79 Å². The molecule has 6 aromatic rings. The summed E-state index contributed by atoms with van der Waals surface area (Å²) in [7, 11) is 0. The first-order chi connectivity index (χ1) is 15.3. The Labute approximate surface area is 179 Å². The van der Waals surface area contributed by atoms with Gasteiger partial charge in [-0.05, 0) is 54.5 Å². The van der Waals surface area contributed by atoms with Gasteiger partial charge in [0.15, 0.2) is 0 Å². The van der Waals surface area contributed by atoms with Crippen LogP contribution in [0.5, 0.6) is 5.75 Å². The number of fused-ring (bicyclic) bond motifs is 10. The number of rotatable bonds is 2. The fourth-order valence-electron chi connectivity index (χ4n) is 4.79. The van der Waals surface area contributed by atoms with Crippen LogP contribution in [0.3, 0.4) is 0 Å². The first-order valence-corrected chi connectivity index (χ1v) is 10.3. The number of esters is 1. The molecule has 0 atom stereocenters. The van der Waals surface area contributed by atoms with E-state index in [-0.39, 0.29) is 0 Å². The standard InChI is InChI=1S/C29H18O2/c1-2-26(30)31-25-13-7-12-22-24-17-16-19-15-14-18-8-3-4-9-20(18)27(19)29(24)23-11-6-5-10-21(23)28(22)25/h2-17H,1H2. The van der Waals surface area contributed by atoms with Gasteiger partial charge in [0.1, 0.15) is 5.75 Å². The van der Waals surface area contributed by atoms with Gasteiger partial charge >= 0.3 is 5.97 Å². The fraction of sp³-hybridized carbons (Fsp3) is 0. The maximum absolute atomic E-state index is 12.0. The molecule has 6 rings (SSSR count). The van der Waals surface area contributed by atoms with Crippen LogP contribution in [0.15, 0.2) is 104 Å². The molecule has 0 heterocycles. The molecule has 0 radical (unpaired) electrons. The molecule has 2 heteroatoms. The Hall–Kier alpha value is -4.17. The molecule has 6 aromatic carbocycles. The highest BCUT2D eigenvalue weighted by molar-refractivity contribution is 6.35. The second-order valence-corrected chi connectivity index (χ2v) is 7.72. The molecule has 146 valence electrons. The molecule has 0 N–H and O–H groups in total. The number of benzene rings is 6. The molecular weight excluding hydrogens is 380 g/mol. The first kappa shape index (κ1) is 17.7. The van der Waals surface area contributed by atoms with Gasteiger partial charge in [-0.1, -0.05) is 91.5 Å². The quantitative estimate of drug-likeness (QED) is 0.130. The monoisotopic (exact) mass is 398 g/mol. The number of carbonyl (C=O) groups excluding carboxylic acids is 1. The van der Waals surface area contributed by atoms with Crippen molar-refractivity contribution in [1.29, 1.82) is 0 Å². The van der Waals surface area contributed by atoms with Crippen LogP contribution in [0.25, 0.3) is 53.9 Å². The van der Waals surface area contributed by atoms with Crippen molar-refractivity contribution in [3.05, 3.63) is 104 Å². The zero-order chi connectivity index (χ0) is 20.9. The van der Waals surface area contributed by atoms with Gasteiger partial charge in [0.05, 0.1) is 0 Å². The van der Waals surface area contributed by atoms with Gasteiger partial charge < -0.3 is 4.74 Å². The van der Waals surface area contributed by atoms with Gasteiger partial charge in [0, 0.05) is 11.5 Å². The largest absolute Gasteiger partial charge is 0.423 e. The molecule has 0 aliphatic carbocycles. The number of hydrogen-bond acceptors (Lipinski definition) is 2. The van der Waals surface area contributed by atoms with E-state index in [2.05, 4.69) is 79.4 Å². The van der Waals surface area contributed by atoms with E-state index >= 15 is 0 Å². The Kier molecular flexibility index (Phi) is 3.81. The zero-order valence-corrected chi connectivity index (χ0v) is 16.8. The molecule has 0 bridgehead atoms. The summed E-state index contributed by atoms with van der Waals surface area (Å²) in [6, 6.07) is 31.5. The molecule has 0 aliphatic rings. The lowest BCUT2D eigenvalue weighted by Gasteiger charge is -2.16. The average molecular weight is 398 g/mol. The molecule has 0 spiro atoms. The molecule has 2 nitrogen and oxygen atoms in total. The van der Waals surface area contributed by atoms with Crippen LogP contribution in [0.4, 0.5) is 0 Å². The number of carbonyl (C=O) groups is 1. The molecule has 0 unspecified atom stereocenters. The predicted molar refractivity (Wildman–Crippen MR) is 130 cm³/mol. The van der Waals surface area contributed by atoms with E-state index in [1.807, 2.05) is 18.2 Å². The molecular formula is C29H18O2. The van der Waals surface area contributed by atoms with Crippen LogP contribution in [0.1, 0.15) is 0 Å². The Bertz CT molecular complexity index is 1660. The van der Waals surface area contributed by atoms with E-state index in [0.29, 0.717) is 5.75 Å². The third-order valence-corrected chi connectivity index (χ3v) is 6.07. The summed E-state index contributed by atoms with van der Waals surface area (Å²) in [5, 5.41) is 11.5. The highest BCUT2D eigenvalue weighted by atomic mass is 16.5. The fourth-order valence-corrected chi connectivity index (χ4v) is 4.79. The van der Waals surface area contributed by atoms with Gasteiger partial charge in [-0.3, -0.25) is 0 Å². The maximum Gasteiger partial charge on any atom is 0.335 e. The van der Waals surface area contributed by atoms with Gasteiger partial charge in [-0.2, -0.15) is 0 Å². The van der Waals surface area contributed by atoms with Crippen molar-refractivity contribution in [2.24, 2.45) is 0 Å². The van der Waals surface area contributed by atoms with Crippen LogP contribution in [-0.4, -0.2) is 5.97 Å². The van der Waals surface area contributed by atoms with E-state index in [1.54, 1.807) is 0 Å². The van der Waals surface area contributed by atoms with Crippen LogP contribution in [-0.2, 0) is 4.79 Å². The summed E-state index contributed by atoms with van der Waals surface area (Å²) in [6.07, 6.45) is 1.20. The van der Waals surface area contributed by atoms with Crippen molar-refractivity contribution in [3.8, 4) is 5.75 Å². The molecule has 0 saturated heterocycles. The lowest BCUT2D eigenvalue weighted by atomic mass is 9.89. The second-order valence-electron chi connectivity index (χ2n) is 7.72. The maximum atomic E-state index is 12.0. The predicted octanol–water partition coefficient (Wildman–Crippen LogP) is 7.54. The Morgan fingerprint density at radius 3 is 1.94 bits per heavy atom. The lowest BCUT2D eigenvalue weighted by Crippen LogP contribution is -2.03. The van der Waals surface area contributed by atoms with Crippen LogP contribution >= 0.6 is 0 Å². The van der Waals surface area contributed by atoms with Crippen molar-refractivity contribution in [2.75, 3.05) is 0 Å². The van der Waals surface area contributed by atoms with E-state index in [4.69, 9.17) is 4.74 Å². The van der Waals surface area contributed by atoms with Crippen molar-refractivity contribution in [3.63, 3.8) is 0 Å². The summed E-state index contributed by atoms with van der Waals surface area (Å²) in [5.74, 6) is 0.0969. The van der Waals surface area contributed by atoms with Crippen LogP contribution < -0.4 is 4.74 Å². The Balaban J connectivity index is 1.91. The molecule has 0 fully saturated rings. The Morgan fingerprint density at radius 1 is 0.581 bits per heavy atom. The number of ether oxygens (including phenoxy) is 1. The van der Waals surface area contributed by atoms with E-state index in [9.17, 15) is 4.79 Å². The highest BCUT2D eigenvalue weighted by Crippen LogP contribution is 2.43. The van der Waals surface area contributed by atoms with Crippen molar-refractivity contribution < 1.29 is 9.53 Å². The molecule has 0 aromatic heterocycles. The topological polar surface area (TPSA) is 26.3 Å². The first-order valence-electron chi connectivity index (χ1n) is 10.3. The summed E-state index contributed by atoms with van der Waals surface area (Å²) in [5.41, 5.74) is 0. The summed E-state index contributed by atoms with van der Waals surface area (Å²) < 4.78 is 5.63. The smallest absolute Gasteiger partial charge is 0.335 e. The molecule has 0 saturated carbocycles. The average Bonchev–Trinajstić information content (AvgIpc) is 2.83. The summed E-state index contributed by atoms with van der Waals surface area (Å²) in [4.78, 5) is 12.0. The molecule has 31 heavy (non-hydrogen) atoms. The lowest BCUT2D eigenvalue weighted by molar-refractivity contribution is -0.128. The van der Waals surface area contributed by atoms with E-state index < -0.39 is 5.97 Å². The molecule has 0 amide bonds. The van der Waals surface area contributed by atoms with Crippen LogP contribution in [0.2, 0.25) is 0 Å². The zero-order valence-electron chi connectivity index (χ0n) is 16.8.